The molecule has 0 amide bonds. The Bertz CT molecular complexity index is 1230. The van der Waals surface area contributed by atoms with Crippen molar-refractivity contribution < 1.29 is 14.0 Å². The number of benzene rings is 3. The van der Waals surface area contributed by atoms with E-state index in [1.54, 1.807) is 16.8 Å². The first-order valence-electron chi connectivity index (χ1n) is 11.0. The SMILES string of the molecule is [2H]C([2H])([2H])C(C)(O)c1ccc(-c2ccc3nnn(-c4ccc(OC(C)C)cc4)c3c2)cc1. The van der Waals surface area contributed by atoms with Crippen molar-refractivity contribution in [3.63, 3.8) is 0 Å². The molecule has 1 N–H and O–H groups in total. The van der Waals surface area contributed by atoms with Gasteiger partial charge in [0.2, 0.25) is 0 Å². The van der Waals surface area contributed by atoms with Gasteiger partial charge in [-0.1, -0.05) is 35.5 Å². The Hall–Kier alpha value is -3.18. The van der Waals surface area contributed by atoms with Crippen LogP contribution in [0.2, 0.25) is 0 Å². The molecule has 0 saturated heterocycles. The molecular formula is C24H25N3O2. The van der Waals surface area contributed by atoms with Gasteiger partial charge in [-0.3, -0.25) is 0 Å². The van der Waals surface area contributed by atoms with Crippen LogP contribution in [0, 0.1) is 0 Å². The van der Waals surface area contributed by atoms with Crippen molar-refractivity contribution in [3.8, 4) is 22.6 Å². The third-order valence-corrected chi connectivity index (χ3v) is 4.68. The molecule has 0 aliphatic carbocycles. The topological polar surface area (TPSA) is 60.2 Å². The fourth-order valence-corrected chi connectivity index (χ4v) is 3.21. The molecule has 29 heavy (non-hydrogen) atoms. The number of fused-ring (bicyclic) bond motifs is 1. The lowest BCUT2D eigenvalue weighted by molar-refractivity contribution is 0.0786. The van der Waals surface area contributed by atoms with Gasteiger partial charge in [0.05, 0.1) is 22.9 Å². The Balaban J connectivity index is 1.67. The zero-order valence-electron chi connectivity index (χ0n) is 19.6. The van der Waals surface area contributed by atoms with Gasteiger partial charge in [-0.25, -0.2) is 4.68 Å². The second-order valence-corrected chi connectivity index (χ2v) is 7.51. The number of hydrogen-bond donors (Lipinski definition) is 1. The first-order valence-corrected chi connectivity index (χ1v) is 9.52. The van der Waals surface area contributed by atoms with Crippen molar-refractivity contribution in [2.45, 2.75) is 39.3 Å². The molecule has 1 aromatic heterocycles. The summed E-state index contributed by atoms with van der Waals surface area (Å²) in [6.45, 7) is 2.76. The largest absolute Gasteiger partial charge is 0.491 e. The summed E-state index contributed by atoms with van der Waals surface area (Å²) in [6.07, 6.45) is 0.102. The van der Waals surface area contributed by atoms with E-state index in [1.165, 1.54) is 6.92 Å². The van der Waals surface area contributed by atoms with Gasteiger partial charge in [-0.2, -0.15) is 0 Å². The molecule has 0 bridgehead atoms. The molecule has 0 saturated carbocycles. The highest BCUT2D eigenvalue weighted by atomic mass is 16.5. The van der Waals surface area contributed by atoms with Gasteiger partial charge in [-0.05, 0) is 80.7 Å². The van der Waals surface area contributed by atoms with Crippen LogP contribution < -0.4 is 4.74 Å². The fourth-order valence-electron chi connectivity index (χ4n) is 3.21. The molecule has 4 rings (SSSR count). The van der Waals surface area contributed by atoms with Gasteiger partial charge < -0.3 is 9.84 Å². The third-order valence-electron chi connectivity index (χ3n) is 4.68. The molecule has 5 heteroatoms. The predicted octanol–water partition coefficient (Wildman–Crippen LogP) is 5.10. The number of hydrogen-bond acceptors (Lipinski definition) is 4. The molecule has 5 nitrogen and oxygen atoms in total. The molecule has 0 aliphatic rings. The average molecular weight is 391 g/mol. The lowest BCUT2D eigenvalue weighted by atomic mass is 9.95. The first kappa shape index (κ1) is 15.7. The van der Waals surface area contributed by atoms with Gasteiger partial charge in [-0.15, -0.1) is 5.10 Å². The molecule has 1 unspecified atom stereocenters. The Kier molecular flexibility index (Phi) is 3.97. The van der Waals surface area contributed by atoms with Crippen molar-refractivity contribution in [2.75, 3.05) is 0 Å². The smallest absolute Gasteiger partial charge is 0.119 e. The van der Waals surface area contributed by atoms with Crippen LogP contribution in [-0.2, 0) is 5.60 Å². The van der Waals surface area contributed by atoms with E-state index in [0.29, 0.717) is 5.56 Å². The monoisotopic (exact) mass is 390 g/mol. The second-order valence-electron chi connectivity index (χ2n) is 7.51. The summed E-state index contributed by atoms with van der Waals surface area (Å²) in [5, 5.41) is 19.0. The van der Waals surface area contributed by atoms with Crippen LogP contribution in [0.3, 0.4) is 0 Å². The van der Waals surface area contributed by atoms with Crippen molar-refractivity contribution in [2.24, 2.45) is 0 Å². The molecule has 0 aliphatic heterocycles. The summed E-state index contributed by atoms with van der Waals surface area (Å²) >= 11 is 0. The van der Waals surface area contributed by atoms with Gasteiger partial charge in [0.15, 0.2) is 0 Å². The maximum Gasteiger partial charge on any atom is 0.119 e. The highest BCUT2D eigenvalue weighted by molar-refractivity contribution is 5.82. The maximum absolute atomic E-state index is 10.4. The summed E-state index contributed by atoms with van der Waals surface area (Å²) in [4.78, 5) is 0. The molecule has 1 heterocycles. The summed E-state index contributed by atoms with van der Waals surface area (Å²) in [6, 6.07) is 20.4. The minimum atomic E-state index is -2.51. The van der Waals surface area contributed by atoms with E-state index in [9.17, 15) is 5.11 Å². The maximum atomic E-state index is 10.4. The van der Waals surface area contributed by atoms with Crippen LogP contribution in [0.25, 0.3) is 27.8 Å². The zero-order chi connectivity index (χ0) is 23.1. The molecule has 3 aromatic carbocycles. The van der Waals surface area contributed by atoms with Gasteiger partial charge in [0, 0.05) is 4.11 Å². The number of aromatic nitrogens is 3. The van der Waals surface area contributed by atoms with E-state index >= 15 is 0 Å². The number of aliphatic hydroxyl groups is 1. The summed E-state index contributed by atoms with van der Waals surface area (Å²) < 4.78 is 30.2. The lowest BCUT2D eigenvalue weighted by Gasteiger charge is -2.18. The van der Waals surface area contributed by atoms with Crippen LogP contribution in [0.4, 0.5) is 0 Å². The Morgan fingerprint density at radius 2 is 1.69 bits per heavy atom. The average Bonchev–Trinajstić information content (AvgIpc) is 3.16. The van der Waals surface area contributed by atoms with Crippen LogP contribution in [0.15, 0.2) is 66.7 Å². The summed E-state index contributed by atoms with van der Waals surface area (Å²) in [5.41, 5.74) is 2.73. The van der Waals surface area contributed by atoms with E-state index in [2.05, 4.69) is 10.3 Å². The van der Waals surface area contributed by atoms with Crippen LogP contribution in [0.1, 0.15) is 37.3 Å². The Labute approximate surface area is 174 Å². The fraction of sp³-hybridized carbons (Fsp3) is 0.250. The van der Waals surface area contributed by atoms with Gasteiger partial charge >= 0.3 is 0 Å². The highest BCUT2D eigenvalue weighted by Crippen LogP contribution is 2.28. The van der Waals surface area contributed by atoms with E-state index in [4.69, 9.17) is 8.85 Å². The standard InChI is InChI=1S/C24H25N3O2/c1-16(2)29-21-12-10-20(11-13-21)27-23-15-18(7-14-22(23)25-26-27)17-5-8-19(9-6-17)24(3,4)28/h5-16,28H,1-4H3/i3D3. The molecule has 0 radical (unpaired) electrons. The van der Waals surface area contributed by atoms with E-state index < -0.39 is 12.5 Å². The predicted molar refractivity (Wildman–Crippen MR) is 115 cm³/mol. The van der Waals surface area contributed by atoms with Crippen LogP contribution in [-0.4, -0.2) is 26.2 Å². The summed E-state index contributed by atoms with van der Waals surface area (Å²) in [7, 11) is 0. The zero-order valence-corrected chi connectivity index (χ0v) is 16.6. The minimum Gasteiger partial charge on any atom is -0.491 e. The van der Waals surface area contributed by atoms with Gasteiger partial charge in [0.1, 0.15) is 11.3 Å². The van der Waals surface area contributed by atoms with Crippen molar-refractivity contribution in [3.05, 3.63) is 72.3 Å². The number of rotatable bonds is 5. The van der Waals surface area contributed by atoms with Crippen LogP contribution in [0.5, 0.6) is 5.75 Å². The van der Waals surface area contributed by atoms with Gasteiger partial charge in [0.25, 0.3) is 0 Å². The molecule has 0 fully saturated rings. The Morgan fingerprint density at radius 1 is 1.00 bits per heavy atom. The minimum absolute atomic E-state index is 0.102. The second kappa shape index (κ2) is 7.33. The summed E-state index contributed by atoms with van der Waals surface area (Å²) in [5.74, 6) is 0.793. The number of ether oxygens (including phenoxy) is 1. The van der Waals surface area contributed by atoms with Crippen LogP contribution >= 0.6 is 0 Å². The van der Waals surface area contributed by atoms with Crippen molar-refractivity contribution >= 4 is 11.0 Å². The first-order chi connectivity index (χ1) is 15.1. The lowest BCUT2D eigenvalue weighted by Crippen LogP contribution is -2.14. The van der Waals surface area contributed by atoms with Crippen molar-refractivity contribution in [1.29, 1.82) is 0 Å². The van der Waals surface area contributed by atoms with E-state index in [0.717, 1.165) is 33.6 Å². The van der Waals surface area contributed by atoms with Crippen molar-refractivity contribution in [1.82, 2.24) is 15.0 Å². The van der Waals surface area contributed by atoms with E-state index in [-0.39, 0.29) is 6.10 Å². The molecule has 148 valence electrons. The quantitative estimate of drug-likeness (QED) is 0.515. The molecular weight excluding hydrogens is 362 g/mol. The third kappa shape index (κ3) is 4.00. The van der Waals surface area contributed by atoms with E-state index in [1.807, 2.05) is 68.4 Å². The molecule has 0 spiro atoms. The molecule has 4 aromatic rings. The number of nitrogens with zero attached hydrogens (tertiary/aromatic N) is 3. The Morgan fingerprint density at radius 3 is 2.34 bits per heavy atom. The highest BCUT2D eigenvalue weighted by Gasteiger charge is 2.15. The normalized spacial score (nSPS) is 15.6. The molecule has 1 atom stereocenters.